The van der Waals surface area contributed by atoms with Crippen molar-refractivity contribution in [1.29, 1.82) is 0 Å². The lowest BCUT2D eigenvalue weighted by molar-refractivity contribution is 0.429. The second-order valence-electron chi connectivity index (χ2n) is 3.71. The van der Waals surface area contributed by atoms with E-state index in [1.165, 1.54) is 11.1 Å². The smallest absolute Gasteiger partial charge is 0.0450 e. The Hall–Kier alpha value is -0.0900. The quantitative estimate of drug-likeness (QED) is 0.830. The van der Waals surface area contributed by atoms with Gasteiger partial charge in [-0.1, -0.05) is 22.0 Å². The fourth-order valence-electron chi connectivity index (χ4n) is 1.86. The van der Waals surface area contributed by atoms with Crippen LogP contribution in [0.15, 0.2) is 22.7 Å². The third-order valence-corrected chi connectivity index (χ3v) is 3.15. The van der Waals surface area contributed by atoms with Gasteiger partial charge in [0.2, 0.25) is 0 Å². The monoisotopic (exact) mass is 290 g/mol. The maximum Gasteiger partial charge on any atom is 0.0450 e. The normalized spacial score (nSPS) is 20.8. The molecule has 0 bridgehead atoms. The molecule has 15 heavy (non-hydrogen) atoms. The minimum absolute atomic E-state index is 0. The molecule has 1 saturated heterocycles. The molecule has 2 rings (SSSR count). The maximum atomic E-state index is 3.52. The van der Waals surface area contributed by atoms with Gasteiger partial charge in [-0.15, -0.1) is 12.4 Å². The van der Waals surface area contributed by atoms with E-state index in [-0.39, 0.29) is 12.4 Å². The predicted molar refractivity (Wildman–Crippen MR) is 69.7 cm³/mol. The first-order chi connectivity index (χ1) is 6.77. The molecule has 1 fully saturated rings. The van der Waals surface area contributed by atoms with Crippen molar-refractivity contribution in [3.05, 3.63) is 33.8 Å². The molecule has 0 aromatic heterocycles. The number of hydrogen-bond donors (Lipinski definition) is 2. The van der Waals surface area contributed by atoms with Crippen LogP contribution in [0.3, 0.4) is 0 Å². The summed E-state index contributed by atoms with van der Waals surface area (Å²) in [5.41, 5.74) is 2.75. The van der Waals surface area contributed by atoms with E-state index >= 15 is 0 Å². The predicted octanol–water partition coefficient (Wildman–Crippen LogP) is 2.41. The van der Waals surface area contributed by atoms with E-state index in [1.807, 2.05) is 0 Å². The first-order valence-electron chi connectivity index (χ1n) is 4.97. The molecule has 0 unspecified atom stereocenters. The number of hydrogen-bond acceptors (Lipinski definition) is 2. The molecule has 2 N–H and O–H groups in total. The van der Waals surface area contributed by atoms with Crippen molar-refractivity contribution in [1.82, 2.24) is 10.6 Å². The lowest BCUT2D eigenvalue weighted by atomic mass is 10.0. The van der Waals surface area contributed by atoms with Gasteiger partial charge in [-0.2, -0.15) is 0 Å². The van der Waals surface area contributed by atoms with Gasteiger partial charge in [-0.3, -0.25) is 0 Å². The van der Waals surface area contributed by atoms with Crippen molar-refractivity contribution in [3.63, 3.8) is 0 Å². The SMILES string of the molecule is Cc1ccc(Br)cc1[C@H]1CNCCN1.Cl. The molecule has 0 spiro atoms. The van der Waals surface area contributed by atoms with Gasteiger partial charge >= 0.3 is 0 Å². The summed E-state index contributed by atoms with van der Waals surface area (Å²) in [6, 6.07) is 6.92. The van der Waals surface area contributed by atoms with E-state index in [9.17, 15) is 0 Å². The zero-order valence-corrected chi connectivity index (χ0v) is 11.1. The average Bonchev–Trinajstić information content (AvgIpc) is 2.23. The molecular weight excluding hydrogens is 275 g/mol. The van der Waals surface area contributed by atoms with Gasteiger partial charge in [0.05, 0.1) is 0 Å². The van der Waals surface area contributed by atoms with Gasteiger partial charge in [0, 0.05) is 30.1 Å². The molecule has 1 aromatic rings. The van der Waals surface area contributed by atoms with Gasteiger partial charge in [0.15, 0.2) is 0 Å². The summed E-state index contributed by atoms with van der Waals surface area (Å²) >= 11 is 3.51. The number of piperazine rings is 1. The third kappa shape index (κ3) is 3.18. The van der Waals surface area contributed by atoms with E-state index in [1.54, 1.807) is 0 Å². The summed E-state index contributed by atoms with van der Waals surface area (Å²) in [4.78, 5) is 0. The molecule has 0 saturated carbocycles. The second-order valence-corrected chi connectivity index (χ2v) is 4.63. The summed E-state index contributed by atoms with van der Waals surface area (Å²) in [5.74, 6) is 0. The molecule has 0 radical (unpaired) electrons. The van der Waals surface area contributed by atoms with Crippen LogP contribution in [-0.4, -0.2) is 19.6 Å². The van der Waals surface area contributed by atoms with Gasteiger partial charge < -0.3 is 10.6 Å². The van der Waals surface area contributed by atoms with Crippen molar-refractivity contribution in [3.8, 4) is 0 Å². The minimum atomic E-state index is 0. The van der Waals surface area contributed by atoms with Crippen LogP contribution >= 0.6 is 28.3 Å². The van der Waals surface area contributed by atoms with Crippen LogP contribution in [0.4, 0.5) is 0 Å². The largest absolute Gasteiger partial charge is 0.314 e. The summed E-state index contributed by atoms with van der Waals surface area (Å²) in [5, 5.41) is 6.92. The topological polar surface area (TPSA) is 24.1 Å². The molecule has 2 nitrogen and oxygen atoms in total. The highest BCUT2D eigenvalue weighted by Crippen LogP contribution is 2.22. The fraction of sp³-hybridized carbons (Fsp3) is 0.455. The molecule has 84 valence electrons. The van der Waals surface area contributed by atoms with Crippen LogP contribution in [0, 0.1) is 6.92 Å². The van der Waals surface area contributed by atoms with Crippen molar-refractivity contribution in [2.24, 2.45) is 0 Å². The van der Waals surface area contributed by atoms with Gasteiger partial charge in [-0.05, 0) is 30.2 Å². The number of nitrogens with one attached hydrogen (secondary N) is 2. The molecular formula is C11H16BrClN2. The average molecular weight is 292 g/mol. The zero-order valence-electron chi connectivity index (χ0n) is 8.72. The molecule has 1 heterocycles. The molecule has 1 aliphatic rings. The van der Waals surface area contributed by atoms with Crippen molar-refractivity contribution in [2.75, 3.05) is 19.6 Å². The Morgan fingerprint density at radius 1 is 1.33 bits per heavy atom. The third-order valence-electron chi connectivity index (χ3n) is 2.66. The van der Waals surface area contributed by atoms with Crippen LogP contribution in [-0.2, 0) is 0 Å². The Bertz CT molecular complexity index is 324. The number of rotatable bonds is 1. The second kappa shape index (κ2) is 5.85. The van der Waals surface area contributed by atoms with Gasteiger partial charge in [-0.25, -0.2) is 0 Å². The fourth-order valence-corrected chi connectivity index (χ4v) is 2.24. The van der Waals surface area contributed by atoms with E-state index < -0.39 is 0 Å². The molecule has 0 aliphatic carbocycles. The Morgan fingerprint density at radius 2 is 2.13 bits per heavy atom. The maximum absolute atomic E-state index is 3.52. The summed E-state index contributed by atoms with van der Waals surface area (Å²) in [6.45, 7) is 5.32. The van der Waals surface area contributed by atoms with Crippen LogP contribution in [0.25, 0.3) is 0 Å². The van der Waals surface area contributed by atoms with Crippen LogP contribution in [0.2, 0.25) is 0 Å². The molecule has 1 aromatic carbocycles. The zero-order chi connectivity index (χ0) is 9.97. The van der Waals surface area contributed by atoms with Crippen LogP contribution < -0.4 is 10.6 Å². The van der Waals surface area contributed by atoms with Crippen LogP contribution in [0.1, 0.15) is 17.2 Å². The minimum Gasteiger partial charge on any atom is -0.314 e. The number of benzene rings is 1. The van der Waals surface area contributed by atoms with Gasteiger partial charge in [0.1, 0.15) is 0 Å². The van der Waals surface area contributed by atoms with Crippen LogP contribution in [0.5, 0.6) is 0 Å². The Morgan fingerprint density at radius 3 is 2.80 bits per heavy atom. The molecule has 1 atom stereocenters. The lowest BCUT2D eigenvalue weighted by Crippen LogP contribution is -2.42. The van der Waals surface area contributed by atoms with Crippen molar-refractivity contribution >= 4 is 28.3 Å². The summed E-state index contributed by atoms with van der Waals surface area (Å²) < 4.78 is 1.16. The van der Waals surface area contributed by atoms with Gasteiger partial charge in [0.25, 0.3) is 0 Å². The summed E-state index contributed by atoms with van der Waals surface area (Å²) in [6.07, 6.45) is 0. The van der Waals surface area contributed by atoms with E-state index in [0.29, 0.717) is 6.04 Å². The molecule has 4 heteroatoms. The first-order valence-corrected chi connectivity index (χ1v) is 5.77. The highest BCUT2D eigenvalue weighted by Gasteiger charge is 2.15. The Balaban J connectivity index is 0.00000112. The van der Waals surface area contributed by atoms with Crippen molar-refractivity contribution < 1.29 is 0 Å². The molecule has 0 amide bonds. The Labute approximate surface area is 105 Å². The highest BCUT2D eigenvalue weighted by atomic mass is 79.9. The van der Waals surface area contributed by atoms with E-state index in [0.717, 1.165) is 24.1 Å². The standard InChI is InChI=1S/C11H15BrN2.ClH/c1-8-2-3-9(12)6-10(8)11-7-13-4-5-14-11;/h2-3,6,11,13-14H,4-5,7H2,1H3;1H/t11-;/m1./s1. The number of halogens is 2. The number of aryl methyl sites for hydroxylation is 1. The van der Waals surface area contributed by atoms with Crippen molar-refractivity contribution in [2.45, 2.75) is 13.0 Å². The van der Waals surface area contributed by atoms with E-state index in [2.05, 4.69) is 51.7 Å². The van der Waals surface area contributed by atoms with E-state index in [4.69, 9.17) is 0 Å². The lowest BCUT2D eigenvalue weighted by Gasteiger charge is -2.26. The summed E-state index contributed by atoms with van der Waals surface area (Å²) in [7, 11) is 0. The first kappa shape index (κ1) is 13.0. The highest BCUT2D eigenvalue weighted by molar-refractivity contribution is 9.10. The molecule has 1 aliphatic heterocycles. The Kier molecular flexibility index (Phi) is 5.06.